The Morgan fingerprint density at radius 2 is 2.16 bits per heavy atom. The minimum atomic E-state index is 0.228. The van der Waals surface area contributed by atoms with Gasteiger partial charge in [-0.3, -0.25) is 4.98 Å². The molecular weight excluding hydrogens is 240 g/mol. The van der Waals surface area contributed by atoms with Gasteiger partial charge in [0.1, 0.15) is 6.10 Å². The van der Waals surface area contributed by atoms with E-state index in [-0.39, 0.29) is 6.10 Å². The average molecular weight is 264 g/mol. The van der Waals surface area contributed by atoms with Crippen molar-refractivity contribution in [1.29, 1.82) is 0 Å². The maximum absolute atomic E-state index is 6.07. The monoisotopic (exact) mass is 264 g/mol. The van der Waals surface area contributed by atoms with Crippen LogP contribution in [0.15, 0.2) is 12.4 Å². The Morgan fingerprint density at radius 1 is 1.37 bits per heavy atom. The Labute approximate surface area is 114 Å². The quantitative estimate of drug-likeness (QED) is 0.646. The molecule has 1 heterocycles. The van der Waals surface area contributed by atoms with Gasteiger partial charge in [-0.05, 0) is 30.6 Å². The first-order valence-corrected chi connectivity index (χ1v) is 7.05. The Balaban J connectivity index is 2.09. The van der Waals surface area contributed by atoms with Crippen molar-refractivity contribution in [2.75, 3.05) is 5.43 Å². The summed E-state index contributed by atoms with van der Waals surface area (Å²) >= 11 is 0. The molecule has 0 amide bonds. The number of hydrogen-bond donors (Lipinski definition) is 2. The highest BCUT2D eigenvalue weighted by Gasteiger charge is 2.32. The van der Waals surface area contributed by atoms with E-state index >= 15 is 0 Å². The first-order valence-electron chi connectivity index (χ1n) is 7.05. The molecular formula is C14H24N4O. The van der Waals surface area contributed by atoms with Crippen LogP contribution < -0.4 is 16.0 Å². The van der Waals surface area contributed by atoms with Crippen LogP contribution in [0.5, 0.6) is 5.88 Å². The van der Waals surface area contributed by atoms with Crippen LogP contribution in [0.4, 0.5) is 5.82 Å². The van der Waals surface area contributed by atoms with Crippen molar-refractivity contribution in [3.63, 3.8) is 0 Å². The molecule has 0 radical (unpaired) electrons. The molecule has 5 heteroatoms. The van der Waals surface area contributed by atoms with Gasteiger partial charge in [0.2, 0.25) is 5.88 Å². The number of aromatic nitrogens is 2. The Bertz CT molecular complexity index is 410. The molecule has 3 N–H and O–H groups in total. The average Bonchev–Trinajstić information content (AvgIpc) is 2.38. The molecule has 1 saturated carbocycles. The molecule has 19 heavy (non-hydrogen) atoms. The summed E-state index contributed by atoms with van der Waals surface area (Å²) in [6.07, 6.45) is 7.06. The van der Waals surface area contributed by atoms with E-state index in [1.165, 1.54) is 12.8 Å². The smallest absolute Gasteiger partial charge is 0.234 e. The molecule has 3 atom stereocenters. The number of ether oxygens (including phenoxy) is 1. The number of nitrogens with one attached hydrogen (secondary N) is 1. The van der Waals surface area contributed by atoms with Gasteiger partial charge in [0, 0.05) is 0 Å². The number of hydrogen-bond acceptors (Lipinski definition) is 5. The third-order valence-corrected chi connectivity index (χ3v) is 3.99. The number of anilines is 1. The number of nitrogen functional groups attached to an aromatic ring is 1. The Hall–Kier alpha value is -1.36. The fourth-order valence-electron chi connectivity index (χ4n) is 2.88. The highest BCUT2D eigenvalue weighted by molar-refractivity contribution is 5.31. The van der Waals surface area contributed by atoms with E-state index in [4.69, 9.17) is 10.6 Å². The van der Waals surface area contributed by atoms with Gasteiger partial charge in [-0.25, -0.2) is 5.84 Å². The van der Waals surface area contributed by atoms with Crippen LogP contribution in [-0.4, -0.2) is 16.1 Å². The summed E-state index contributed by atoms with van der Waals surface area (Å²) in [7, 11) is 0. The molecule has 2 rings (SSSR count). The second-order valence-corrected chi connectivity index (χ2v) is 5.87. The summed E-state index contributed by atoms with van der Waals surface area (Å²) in [6, 6.07) is 0. The number of hydrazine groups is 1. The van der Waals surface area contributed by atoms with Gasteiger partial charge in [0.25, 0.3) is 0 Å². The second-order valence-electron chi connectivity index (χ2n) is 5.87. The van der Waals surface area contributed by atoms with E-state index in [0.29, 0.717) is 29.5 Å². The minimum absolute atomic E-state index is 0.228. The third-order valence-electron chi connectivity index (χ3n) is 3.99. The fourth-order valence-corrected chi connectivity index (χ4v) is 2.88. The first-order chi connectivity index (χ1) is 9.10. The molecule has 0 spiro atoms. The van der Waals surface area contributed by atoms with Gasteiger partial charge in [-0.15, -0.1) is 0 Å². The van der Waals surface area contributed by atoms with Gasteiger partial charge in [-0.2, -0.15) is 4.98 Å². The predicted molar refractivity (Wildman–Crippen MR) is 75.6 cm³/mol. The van der Waals surface area contributed by atoms with Crippen LogP contribution in [0.3, 0.4) is 0 Å². The summed E-state index contributed by atoms with van der Waals surface area (Å²) in [5.74, 6) is 8.36. The first kappa shape index (κ1) is 14.1. The summed E-state index contributed by atoms with van der Waals surface area (Å²) in [4.78, 5) is 8.36. The van der Waals surface area contributed by atoms with Crippen LogP contribution >= 0.6 is 0 Å². The van der Waals surface area contributed by atoms with Crippen molar-refractivity contribution in [2.24, 2.45) is 23.6 Å². The van der Waals surface area contributed by atoms with E-state index in [1.807, 2.05) is 0 Å². The van der Waals surface area contributed by atoms with Gasteiger partial charge >= 0.3 is 0 Å². The highest BCUT2D eigenvalue weighted by Crippen LogP contribution is 2.35. The summed E-state index contributed by atoms with van der Waals surface area (Å²) in [5.41, 5.74) is 2.49. The lowest BCUT2D eigenvalue weighted by atomic mass is 9.75. The molecule has 3 unspecified atom stereocenters. The molecule has 1 aromatic rings. The largest absolute Gasteiger partial charge is 0.473 e. The molecule has 1 aliphatic carbocycles. The van der Waals surface area contributed by atoms with E-state index < -0.39 is 0 Å². The van der Waals surface area contributed by atoms with E-state index in [1.54, 1.807) is 12.4 Å². The minimum Gasteiger partial charge on any atom is -0.473 e. The lowest BCUT2D eigenvalue weighted by molar-refractivity contribution is 0.0424. The van der Waals surface area contributed by atoms with Crippen molar-refractivity contribution in [3.8, 4) is 5.88 Å². The molecule has 106 valence electrons. The third kappa shape index (κ3) is 3.56. The van der Waals surface area contributed by atoms with Crippen molar-refractivity contribution in [1.82, 2.24) is 9.97 Å². The van der Waals surface area contributed by atoms with Gasteiger partial charge in [-0.1, -0.05) is 27.2 Å². The van der Waals surface area contributed by atoms with Crippen LogP contribution in [0.2, 0.25) is 0 Å². The molecule has 1 aliphatic rings. The fraction of sp³-hybridized carbons (Fsp3) is 0.714. The Morgan fingerprint density at radius 3 is 2.84 bits per heavy atom. The van der Waals surface area contributed by atoms with E-state index in [2.05, 4.69) is 36.2 Å². The molecule has 0 aromatic carbocycles. The standard InChI is InChI=1S/C14H24N4O/c1-9(2)11-5-4-10(3)6-12(11)19-14-8-16-7-13(17-14)18-15/h7-12H,4-6,15H2,1-3H3,(H,17,18). The van der Waals surface area contributed by atoms with E-state index in [0.717, 1.165) is 6.42 Å². The lowest BCUT2D eigenvalue weighted by Crippen LogP contribution is -2.36. The summed E-state index contributed by atoms with van der Waals surface area (Å²) < 4.78 is 6.07. The van der Waals surface area contributed by atoms with Crippen molar-refractivity contribution >= 4 is 5.82 Å². The van der Waals surface area contributed by atoms with Crippen LogP contribution in [0.25, 0.3) is 0 Å². The zero-order valence-electron chi connectivity index (χ0n) is 12.0. The van der Waals surface area contributed by atoms with Gasteiger partial charge in [0.05, 0.1) is 12.4 Å². The topological polar surface area (TPSA) is 73.1 Å². The molecule has 5 nitrogen and oxygen atoms in total. The number of nitrogens with zero attached hydrogens (tertiary/aromatic N) is 2. The van der Waals surface area contributed by atoms with Crippen LogP contribution in [0, 0.1) is 17.8 Å². The SMILES string of the molecule is CC1CCC(C(C)C)C(Oc2cncc(NN)n2)C1. The highest BCUT2D eigenvalue weighted by atomic mass is 16.5. The molecule has 0 bridgehead atoms. The molecule has 1 fully saturated rings. The lowest BCUT2D eigenvalue weighted by Gasteiger charge is -2.36. The number of nitrogens with two attached hydrogens (primary N) is 1. The maximum atomic E-state index is 6.07. The molecule has 0 saturated heterocycles. The van der Waals surface area contributed by atoms with Gasteiger partial charge in [0.15, 0.2) is 5.82 Å². The normalized spacial score (nSPS) is 27.3. The van der Waals surface area contributed by atoms with Crippen LogP contribution in [-0.2, 0) is 0 Å². The van der Waals surface area contributed by atoms with Crippen molar-refractivity contribution < 1.29 is 4.74 Å². The molecule has 0 aliphatic heterocycles. The number of rotatable bonds is 4. The van der Waals surface area contributed by atoms with Gasteiger partial charge < -0.3 is 10.2 Å². The second kappa shape index (κ2) is 6.19. The maximum Gasteiger partial charge on any atom is 0.234 e. The Kier molecular flexibility index (Phi) is 4.58. The van der Waals surface area contributed by atoms with E-state index in [9.17, 15) is 0 Å². The zero-order chi connectivity index (χ0) is 13.8. The molecule has 1 aromatic heterocycles. The summed E-state index contributed by atoms with van der Waals surface area (Å²) in [5, 5.41) is 0. The van der Waals surface area contributed by atoms with Crippen LogP contribution in [0.1, 0.15) is 40.0 Å². The zero-order valence-corrected chi connectivity index (χ0v) is 12.0. The predicted octanol–water partition coefficient (Wildman–Crippen LogP) is 2.60. The summed E-state index contributed by atoms with van der Waals surface area (Å²) in [6.45, 7) is 6.82. The van der Waals surface area contributed by atoms with Crippen molar-refractivity contribution in [3.05, 3.63) is 12.4 Å². The van der Waals surface area contributed by atoms with Crippen molar-refractivity contribution in [2.45, 2.75) is 46.1 Å².